The summed E-state index contributed by atoms with van der Waals surface area (Å²) in [5.74, 6) is 0.929. The first-order valence-corrected chi connectivity index (χ1v) is 11.9. The summed E-state index contributed by atoms with van der Waals surface area (Å²) in [6.07, 6.45) is 0.785. The number of anilines is 1. The molecule has 0 aliphatic carbocycles. The van der Waals surface area contributed by atoms with Gasteiger partial charge >= 0.3 is 0 Å². The molecule has 0 saturated carbocycles. The third-order valence-electron chi connectivity index (χ3n) is 4.98. The fourth-order valence-electron chi connectivity index (χ4n) is 3.33. The summed E-state index contributed by atoms with van der Waals surface area (Å²) in [5.41, 5.74) is 1.84. The van der Waals surface area contributed by atoms with Gasteiger partial charge in [-0.2, -0.15) is 0 Å². The molecule has 3 rings (SSSR count). The normalized spacial score (nSPS) is 12.2. The SMILES string of the molecule is COc1ccc([C@@H](CC(C)C)NC(=O)c2ccc(NS(=O)(=O)c3ccccc3)cc2)cc1. The van der Waals surface area contributed by atoms with Crippen molar-refractivity contribution < 1.29 is 17.9 Å². The summed E-state index contributed by atoms with van der Waals surface area (Å²) in [6, 6.07) is 22.0. The molecule has 0 spiro atoms. The minimum absolute atomic E-state index is 0.148. The maximum absolute atomic E-state index is 12.9. The number of nitrogens with one attached hydrogen (secondary N) is 2. The number of carbonyl (C=O) groups is 1. The average Bonchev–Trinajstić information content (AvgIpc) is 2.79. The predicted octanol–water partition coefficient (Wildman–Crippen LogP) is 5.01. The van der Waals surface area contributed by atoms with Crippen molar-refractivity contribution in [2.75, 3.05) is 11.8 Å². The number of amides is 1. The smallest absolute Gasteiger partial charge is 0.261 e. The lowest BCUT2D eigenvalue weighted by Crippen LogP contribution is -2.29. The first-order valence-electron chi connectivity index (χ1n) is 10.4. The van der Waals surface area contributed by atoms with E-state index in [1.165, 1.54) is 12.1 Å². The van der Waals surface area contributed by atoms with E-state index in [9.17, 15) is 13.2 Å². The Bertz CT molecular complexity index is 1130. The van der Waals surface area contributed by atoms with Gasteiger partial charge in [-0.25, -0.2) is 8.42 Å². The zero-order chi connectivity index (χ0) is 23.1. The van der Waals surface area contributed by atoms with Crippen LogP contribution < -0.4 is 14.8 Å². The monoisotopic (exact) mass is 452 g/mol. The lowest BCUT2D eigenvalue weighted by Gasteiger charge is -2.21. The third kappa shape index (κ3) is 6.11. The highest BCUT2D eigenvalue weighted by Crippen LogP contribution is 2.24. The maximum Gasteiger partial charge on any atom is 0.261 e. The second-order valence-electron chi connectivity index (χ2n) is 7.92. The standard InChI is InChI=1S/C25H28N2O4S/c1-18(2)17-24(19-11-15-22(31-3)16-12-19)26-25(28)20-9-13-21(14-10-20)27-32(29,30)23-7-5-4-6-8-23/h4-16,18,24,27H,17H2,1-3H3,(H,26,28)/t24-/m1/s1. The van der Waals surface area contributed by atoms with E-state index in [-0.39, 0.29) is 16.8 Å². The third-order valence-corrected chi connectivity index (χ3v) is 6.38. The second-order valence-corrected chi connectivity index (χ2v) is 9.61. The van der Waals surface area contributed by atoms with E-state index >= 15 is 0 Å². The van der Waals surface area contributed by atoms with Gasteiger partial charge in [-0.3, -0.25) is 9.52 Å². The minimum Gasteiger partial charge on any atom is -0.497 e. The zero-order valence-electron chi connectivity index (χ0n) is 18.4. The largest absolute Gasteiger partial charge is 0.497 e. The lowest BCUT2D eigenvalue weighted by molar-refractivity contribution is 0.0932. The molecule has 3 aromatic carbocycles. The Balaban J connectivity index is 1.72. The highest BCUT2D eigenvalue weighted by atomic mass is 32.2. The summed E-state index contributed by atoms with van der Waals surface area (Å²) in [4.78, 5) is 13.1. The molecule has 0 radical (unpaired) electrons. The molecule has 0 fully saturated rings. The molecule has 32 heavy (non-hydrogen) atoms. The Hall–Kier alpha value is -3.32. The topological polar surface area (TPSA) is 84.5 Å². The van der Waals surface area contributed by atoms with E-state index in [0.717, 1.165) is 17.7 Å². The molecule has 168 valence electrons. The van der Waals surface area contributed by atoms with Crippen LogP contribution >= 0.6 is 0 Å². The molecule has 1 atom stereocenters. The Kier molecular flexibility index (Phi) is 7.53. The van der Waals surface area contributed by atoms with Gasteiger partial charge in [0, 0.05) is 11.3 Å². The number of carbonyl (C=O) groups excluding carboxylic acids is 1. The lowest BCUT2D eigenvalue weighted by atomic mass is 9.96. The van der Waals surface area contributed by atoms with Crippen molar-refractivity contribution in [1.29, 1.82) is 0 Å². The van der Waals surface area contributed by atoms with Crippen molar-refractivity contribution in [1.82, 2.24) is 5.32 Å². The van der Waals surface area contributed by atoms with Crippen LogP contribution in [-0.2, 0) is 10.0 Å². The fourth-order valence-corrected chi connectivity index (χ4v) is 4.41. The quantitative estimate of drug-likeness (QED) is 0.478. The molecule has 0 unspecified atom stereocenters. The van der Waals surface area contributed by atoms with Crippen LogP contribution in [0.4, 0.5) is 5.69 Å². The van der Waals surface area contributed by atoms with Crippen LogP contribution in [0.2, 0.25) is 0 Å². The van der Waals surface area contributed by atoms with E-state index in [2.05, 4.69) is 23.9 Å². The summed E-state index contributed by atoms with van der Waals surface area (Å²) in [6.45, 7) is 4.21. The molecule has 3 aromatic rings. The van der Waals surface area contributed by atoms with Gasteiger partial charge in [0.1, 0.15) is 5.75 Å². The number of rotatable bonds is 9. The average molecular weight is 453 g/mol. The number of methoxy groups -OCH3 is 1. The van der Waals surface area contributed by atoms with Gasteiger partial charge < -0.3 is 10.1 Å². The summed E-state index contributed by atoms with van der Waals surface area (Å²) in [7, 11) is -2.06. The molecule has 0 heterocycles. The zero-order valence-corrected chi connectivity index (χ0v) is 19.2. The Morgan fingerprint density at radius 2 is 1.53 bits per heavy atom. The molecule has 7 heteroatoms. The minimum atomic E-state index is -3.68. The van der Waals surface area contributed by atoms with E-state index in [1.807, 2.05) is 24.3 Å². The van der Waals surface area contributed by atoms with Crippen LogP contribution in [-0.4, -0.2) is 21.4 Å². The Morgan fingerprint density at radius 1 is 0.906 bits per heavy atom. The number of sulfonamides is 1. The van der Waals surface area contributed by atoms with Gasteiger partial charge in [0.25, 0.3) is 15.9 Å². The first-order chi connectivity index (χ1) is 15.3. The van der Waals surface area contributed by atoms with Crippen LogP contribution in [0.5, 0.6) is 5.75 Å². The summed E-state index contributed by atoms with van der Waals surface area (Å²) in [5, 5.41) is 3.09. The molecular formula is C25H28N2O4S. The van der Waals surface area contributed by atoms with Crippen molar-refractivity contribution in [3.63, 3.8) is 0 Å². The van der Waals surface area contributed by atoms with Crippen molar-refractivity contribution in [3.05, 3.63) is 90.0 Å². The second kappa shape index (κ2) is 10.3. The van der Waals surface area contributed by atoms with Crippen LogP contribution in [0.3, 0.4) is 0 Å². The Morgan fingerprint density at radius 3 is 2.09 bits per heavy atom. The molecule has 0 bridgehead atoms. The van der Waals surface area contributed by atoms with Crippen molar-refractivity contribution in [2.24, 2.45) is 5.92 Å². The Labute approximate surface area is 189 Å². The van der Waals surface area contributed by atoms with Gasteiger partial charge in [0.2, 0.25) is 0 Å². The van der Waals surface area contributed by atoms with Gasteiger partial charge in [-0.05, 0) is 66.4 Å². The molecule has 0 aliphatic rings. The molecule has 6 nitrogen and oxygen atoms in total. The maximum atomic E-state index is 12.9. The fraction of sp³-hybridized carbons (Fsp3) is 0.240. The number of hydrogen-bond donors (Lipinski definition) is 2. The van der Waals surface area contributed by atoms with E-state index in [4.69, 9.17) is 4.74 Å². The van der Waals surface area contributed by atoms with E-state index < -0.39 is 10.0 Å². The van der Waals surface area contributed by atoms with Gasteiger partial charge in [0.15, 0.2) is 0 Å². The molecule has 0 aliphatic heterocycles. The van der Waals surface area contributed by atoms with Gasteiger partial charge in [-0.15, -0.1) is 0 Å². The van der Waals surface area contributed by atoms with E-state index in [0.29, 0.717) is 17.2 Å². The molecule has 0 saturated heterocycles. The number of hydrogen-bond acceptors (Lipinski definition) is 4. The van der Waals surface area contributed by atoms with Crippen molar-refractivity contribution >= 4 is 21.6 Å². The van der Waals surface area contributed by atoms with Gasteiger partial charge in [0.05, 0.1) is 18.0 Å². The van der Waals surface area contributed by atoms with E-state index in [1.54, 1.807) is 49.6 Å². The predicted molar refractivity (Wildman–Crippen MR) is 126 cm³/mol. The first kappa shape index (κ1) is 23.3. The van der Waals surface area contributed by atoms with Crippen LogP contribution in [0.25, 0.3) is 0 Å². The molecule has 1 amide bonds. The van der Waals surface area contributed by atoms with Crippen LogP contribution in [0.15, 0.2) is 83.8 Å². The van der Waals surface area contributed by atoms with Crippen LogP contribution in [0, 0.1) is 5.92 Å². The number of benzene rings is 3. The van der Waals surface area contributed by atoms with Crippen molar-refractivity contribution in [2.45, 2.75) is 31.2 Å². The van der Waals surface area contributed by atoms with Crippen LogP contribution in [0.1, 0.15) is 42.2 Å². The highest BCUT2D eigenvalue weighted by Gasteiger charge is 2.18. The number of ether oxygens (including phenoxy) is 1. The summed E-state index contributed by atoms with van der Waals surface area (Å²) < 4.78 is 32.7. The van der Waals surface area contributed by atoms with Crippen molar-refractivity contribution in [3.8, 4) is 5.75 Å². The molecule has 0 aromatic heterocycles. The van der Waals surface area contributed by atoms with Gasteiger partial charge in [-0.1, -0.05) is 44.2 Å². The summed E-state index contributed by atoms with van der Waals surface area (Å²) >= 11 is 0. The molecule has 2 N–H and O–H groups in total. The highest BCUT2D eigenvalue weighted by molar-refractivity contribution is 7.92. The molecular weight excluding hydrogens is 424 g/mol.